The molecule has 0 saturated heterocycles. The highest BCUT2D eigenvalue weighted by Crippen LogP contribution is 2.26. The smallest absolute Gasteiger partial charge is 0.264 e. The normalized spacial score (nSPS) is 11.2. The van der Waals surface area contributed by atoms with E-state index < -0.39 is 22.5 Å². The van der Waals surface area contributed by atoms with Gasteiger partial charge in [-0.25, -0.2) is 13.8 Å². The number of nitrogens with one attached hydrogen (secondary N) is 2. The molecule has 4 aromatic carbocycles. The summed E-state index contributed by atoms with van der Waals surface area (Å²) in [5.41, 5.74) is 5.63. The zero-order valence-corrected chi connectivity index (χ0v) is 24.5. The van der Waals surface area contributed by atoms with Crippen molar-refractivity contribution in [3.05, 3.63) is 119 Å². The molecule has 0 atom stereocenters. The lowest BCUT2D eigenvalue weighted by atomic mass is 10.2. The number of carbonyl (C=O) groups excluding carboxylic acids is 2. The third-order valence-corrected chi connectivity index (χ3v) is 8.05. The van der Waals surface area contributed by atoms with Crippen molar-refractivity contribution in [3.63, 3.8) is 0 Å². The zero-order chi connectivity index (χ0) is 30.1. The van der Waals surface area contributed by atoms with Gasteiger partial charge in [0.2, 0.25) is 0 Å². The standard InChI is InChI=1S/C31H29ClN4O5S/c1-22-10-16-28(17-11-22)42(39,40)36(29-9-4-3-6-23(29)2)20-30(37)35-33-19-24-12-14-27(15-13-24)41-21-31(38)34-26-8-5-7-25(32)18-26/h3-19H,20-21H2,1-2H3,(H,34,38)(H,35,37)/b33-19-. The number of ether oxygens (including phenoxy) is 1. The number of carbonyl (C=O) groups is 2. The van der Waals surface area contributed by atoms with E-state index in [2.05, 4.69) is 15.8 Å². The summed E-state index contributed by atoms with van der Waals surface area (Å²) < 4.78 is 33.6. The van der Waals surface area contributed by atoms with Crippen molar-refractivity contribution in [2.45, 2.75) is 18.7 Å². The molecular formula is C31H29ClN4O5S. The summed E-state index contributed by atoms with van der Waals surface area (Å²) in [6.45, 7) is 2.98. The summed E-state index contributed by atoms with van der Waals surface area (Å²) in [6, 6.07) is 26.9. The summed E-state index contributed by atoms with van der Waals surface area (Å²) in [5, 5.41) is 7.18. The van der Waals surface area contributed by atoms with Crippen LogP contribution in [0.5, 0.6) is 5.75 Å². The number of anilines is 2. The number of hydrogen-bond donors (Lipinski definition) is 2. The van der Waals surface area contributed by atoms with E-state index in [4.69, 9.17) is 16.3 Å². The second-order valence-corrected chi connectivity index (χ2v) is 11.6. The molecule has 2 N–H and O–H groups in total. The van der Waals surface area contributed by atoms with Gasteiger partial charge in [-0.05, 0) is 85.6 Å². The number of hydrogen-bond acceptors (Lipinski definition) is 6. The van der Waals surface area contributed by atoms with E-state index >= 15 is 0 Å². The average Bonchev–Trinajstić information content (AvgIpc) is 2.96. The molecular weight excluding hydrogens is 576 g/mol. The van der Waals surface area contributed by atoms with Crippen LogP contribution in [0.1, 0.15) is 16.7 Å². The van der Waals surface area contributed by atoms with Crippen LogP contribution in [-0.4, -0.2) is 39.6 Å². The molecule has 2 amide bonds. The molecule has 11 heteroatoms. The lowest BCUT2D eigenvalue weighted by Crippen LogP contribution is -2.40. The van der Waals surface area contributed by atoms with E-state index in [1.807, 2.05) is 6.92 Å². The second-order valence-electron chi connectivity index (χ2n) is 9.32. The van der Waals surface area contributed by atoms with E-state index in [9.17, 15) is 18.0 Å². The van der Waals surface area contributed by atoms with Crippen LogP contribution < -0.4 is 19.8 Å². The van der Waals surface area contributed by atoms with Crippen LogP contribution in [0.25, 0.3) is 0 Å². The highest BCUT2D eigenvalue weighted by Gasteiger charge is 2.28. The predicted molar refractivity (Wildman–Crippen MR) is 165 cm³/mol. The monoisotopic (exact) mass is 604 g/mol. The minimum absolute atomic E-state index is 0.0805. The Morgan fingerprint density at radius 2 is 1.62 bits per heavy atom. The Kier molecular flexibility index (Phi) is 9.95. The van der Waals surface area contributed by atoms with Crippen LogP contribution in [0.4, 0.5) is 11.4 Å². The molecule has 0 radical (unpaired) electrons. The van der Waals surface area contributed by atoms with Crippen molar-refractivity contribution in [1.29, 1.82) is 0 Å². The number of halogens is 1. The molecule has 216 valence electrons. The number of rotatable bonds is 11. The summed E-state index contributed by atoms with van der Waals surface area (Å²) in [7, 11) is -4.03. The number of amides is 2. The van der Waals surface area contributed by atoms with Gasteiger partial charge in [0, 0.05) is 10.7 Å². The number of hydrazone groups is 1. The van der Waals surface area contributed by atoms with Crippen LogP contribution in [0, 0.1) is 13.8 Å². The number of benzene rings is 4. The molecule has 0 heterocycles. The maximum absolute atomic E-state index is 13.5. The summed E-state index contributed by atoms with van der Waals surface area (Å²) in [4.78, 5) is 25.0. The first-order chi connectivity index (χ1) is 20.1. The molecule has 4 aromatic rings. The first kappa shape index (κ1) is 30.3. The molecule has 0 aliphatic rings. The maximum atomic E-state index is 13.5. The molecule has 0 spiro atoms. The van der Waals surface area contributed by atoms with Gasteiger partial charge in [-0.15, -0.1) is 0 Å². The van der Waals surface area contributed by atoms with Crippen LogP contribution in [-0.2, 0) is 19.6 Å². The van der Waals surface area contributed by atoms with Crippen molar-refractivity contribution in [2.75, 3.05) is 22.8 Å². The Morgan fingerprint density at radius 1 is 0.905 bits per heavy atom. The maximum Gasteiger partial charge on any atom is 0.264 e. The SMILES string of the molecule is Cc1ccc(S(=O)(=O)N(CC(=O)N/N=C\c2ccc(OCC(=O)Nc3cccc(Cl)c3)cc2)c2ccccc2C)cc1. The molecule has 9 nitrogen and oxygen atoms in total. The van der Waals surface area contributed by atoms with Gasteiger partial charge < -0.3 is 10.1 Å². The van der Waals surface area contributed by atoms with Gasteiger partial charge in [0.15, 0.2) is 6.61 Å². The van der Waals surface area contributed by atoms with E-state index in [1.54, 1.807) is 91.9 Å². The Bertz CT molecular complexity index is 1690. The molecule has 0 saturated carbocycles. The van der Waals surface area contributed by atoms with Gasteiger partial charge in [-0.3, -0.25) is 13.9 Å². The first-order valence-electron chi connectivity index (χ1n) is 12.9. The number of sulfonamides is 1. The number of aryl methyl sites for hydroxylation is 2. The predicted octanol–water partition coefficient (Wildman–Crippen LogP) is 5.32. The fourth-order valence-corrected chi connectivity index (χ4v) is 5.56. The van der Waals surface area contributed by atoms with Crippen molar-refractivity contribution in [3.8, 4) is 5.75 Å². The Morgan fingerprint density at radius 3 is 2.31 bits per heavy atom. The largest absolute Gasteiger partial charge is 0.484 e. The third kappa shape index (κ3) is 8.18. The van der Waals surface area contributed by atoms with Gasteiger partial charge in [0.25, 0.3) is 21.8 Å². The van der Waals surface area contributed by atoms with E-state index in [1.165, 1.54) is 18.3 Å². The van der Waals surface area contributed by atoms with Crippen LogP contribution in [0.15, 0.2) is 107 Å². The Labute approximate surface area is 249 Å². The van der Waals surface area contributed by atoms with E-state index in [0.29, 0.717) is 33.3 Å². The number of nitrogens with zero attached hydrogens (tertiary/aromatic N) is 2. The zero-order valence-electron chi connectivity index (χ0n) is 23.0. The van der Waals surface area contributed by atoms with Gasteiger partial charge >= 0.3 is 0 Å². The van der Waals surface area contributed by atoms with Crippen molar-refractivity contribution in [2.24, 2.45) is 5.10 Å². The van der Waals surface area contributed by atoms with Gasteiger partial charge in [-0.2, -0.15) is 5.10 Å². The lowest BCUT2D eigenvalue weighted by Gasteiger charge is -2.25. The molecule has 0 aliphatic heterocycles. The Balaban J connectivity index is 1.35. The summed E-state index contributed by atoms with van der Waals surface area (Å²) in [5.74, 6) is -0.488. The van der Waals surface area contributed by atoms with Crippen LogP contribution >= 0.6 is 11.6 Å². The van der Waals surface area contributed by atoms with Crippen molar-refractivity contribution < 1.29 is 22.7 Å². The first-order valence-corrected chi connectivity index (χ1v) is 14.7. The second kappa shape index (κ2) is 13.8. The fourth-order valence-electron chi connectivity index (χ4n) is 3.89. The van der Waals surface area contributed by atoms with Crippen LogP contribution in [0.3, 0.4) is 0 Å². The highest BCUT2D eigenvalue weighted by molar-refractivity contribution is 7.92. The van der Waals surface area contributed by atoms with Crippen molar-refractivity contribution >= 4 is 51.0 Å². The number of para-hydroxylation sites is 1. The minimum atomic E-state index is -4.03. The highest BCUT2D eigenvalue weighted by atomic mass is 35.5. The lowest BCUT2D eigenvalue weighted by molar-refractivity contribution is -0.119. The molecule has 4 rings (SSSR count). The van der Waals surface area contributed by atoms with Crippen molar-refractivity contribution in [1.82, 2.24) is 5.43 Å². The molecule has 0 fully saturated rings. The van der Waals surface area contributed by atoms with Gasteiger partial charge in [-0.1, -0.05) is 53.6 Å². The van der Waals surface area contributed by atoms with E-state index in [0.717, 1.165) is 9.87 Å². The van der Waals surface area contributed by atoms with E-state index in [-0.39, 0.29) is 17.4 Å². The molecule has 0 bridgehead atoms. The minimum Gasteiger partial charge on any atom is -0.484 e. The molecule has 42 heavy (non-hydrogen) atoms. The quantitative estimate of drug-likeness (QED) is 0.177. The fraction of sp³-hybridized carbons (Fsp3) is 0.129. The third-order valence-electron chi connectivity index (χ3n) is 6.04. The topological polar surface area (TPSA) is 117 Å². The summed E-state index contributed by atoms with van der Waals surface area (Å²) in [6.07, 6.45) is 1.42. The molecule has 0 unspecified atom stereocenters. The van der Waals surface area contributed by atoms with Crippen LogP contribution in [0.2, 0.25) is 5.02 Å². The summed E-state index contributed by atoms with van der Waals surface area (Å²) >= 11 is 5.93. The average molecular weight is 605 g/mol. The molecule has 0 aliphatic carbocycles. The van der Waals surface area contributed by atoms with Gasteiger partial charge in [0.05, 0.1) is 16.8 Å². The Hall–Kier alpha value is -4.67. The van der Waals surface area contributed by atoms with Gasteiger partial charge in [0.1, 0.15) is 12.3 Å². The molecule has 0 aromatic heterocycles.